The molecule has 0 amide bonds. The molecule has 3 aliphatic rings. The Labute approximate surface area is 295 Å². The number of anilines is 1. The minimum absolute atomic E-state index is 0.0257. The lowest BCUT2D eigenvalue weighted by atomic mass is 9.87. The molecule has 13 heteroatoms. The summed E-state index contributed by atoms with van der Waals surface area (Å²) >= 11 is 0. The first-order chi connectivity index (χ1) is 24.9. The number of aromatic nitrogens is 6. The van der Waals surface area contributed by atoms with Gasteiger partial charge in [-0.05, 0) is 73.9 Å². The lowest BCUT2D eigenvalue weighted by molar-refractivity contribution is -0.0208. The average molecular weight is 697 g/mol. The van der Waals surface area contributed by atoms with Crippen LogP contribution in [0.3, 0.4) is 0 Å². The van der Waals surface area contributed by atoms with Gasteiger partial charge in [-0.3, -0.25) is 0 Å². The fourth-order valence-electron chi connectivity index (χ4n) is 7.18. The molecule has 2 saturated heterocycles. The highest BCUT2D eigenvalue weighted by atomic mass is 19.1. The molecule has 0 bridgehead atoms. The van der Waals surface area contributed by atoms with Gasteiger partial charge in [0.2, 0.25) is 0 Å². The van der Waals surface area contributed by atoms with Gasteiger partial charge < -0.3 is 19.3 Å². The van der Waals surface area contributed by atoms with Crippen LogP contribution in [0.25, 0.3) is 5.69 Å². The molecule has 0 saturated carbocycles. The summed E-state index contributed by atoms with van der Waals surface area (Å²) in [5, 5.41) is 8.55. The first kappa shape index (κ1) is 34.2. The van der Waals surface area contributed by atoms with Crippen LogP contribution in [-0.2, 0) is 21.6 Å². The minimum atomic E-state index is -1.03. The Kier molecular flexibility index (Phi) is 10.0. The summed E-state index contributed by atoms with van der Waals surface area (Å²) in [6, 6.07) is 11.8. The predicted octanol–water partition coefficient (Wildman–Crippen LogP) is 5.53. The molecule has 2 unspecified atom stereocenters. The fourth-order valence-corrected chi connectivity index (χ4v) is 7.18. The molecule has 2 aromatic heterocycles. The number of piperazine rings is 1. The Morgan fingerprint density at radius 2 is 1.75 bits per heavy atom. The molecular weight excluding hydrogens is 654 g/mol. The number of ether oxygens (including phenoxy) is 2. The molecule has 51 heavy (non-hydrogen) atoms. The molecule has 266 valence electrons. The first-order valence-electron chi connectivity index (χ1n) is 17.5. The van der Waals surface area contributed by atoms with E-state index in [1.54, 1.807) is 26.6 Å². The van der Waals surface area contributed by atoms with Crippen molar-refractivity contribution in [2.24, 2.45) is 5.92 Å². The van der Waals surface area contributed by atoms with Crippen LogP contribution in [0.15, 0.2) is 108 Å². The lowest BCUT2D eigenvalue weighted by Crippen LogP contribution is -2.45. The summed E-state index contributed by atoms with van der Waals surface area (Å²) in [6.45, 7) is 8.45. The molecule has 0 spiro atoms. The topological polar surface area (TPSA) is 95.5 Å². The Morgan fingerprint density at radius 3 is 2.47 bits per heavy atom. The summed E-state index contributed by atoms with van der Waals surface area (Å²) in [4.78, 5) is 21.6. The molecule has 2 fully saturated rings. The number of hydrogen-bond acceptors (Lipinski definition) is 8. The van der Waals surface area contributed by atoms with Crippen molar-refractivity contribution in [3.8, 4) is 5.69 Å². The Bertz CT molecular complexity index is 2000. The van der Waals surface area contributed by atoms with Gasteiger partial charge in [0.05, 0.1) is 37.2 Å². The van der Waals surface area contributed by atoms with Crippen molar-refractivity contribution >= 4 is 5.69 Å². The zero-order valence-electron chi connectivity index (χ0n) is 28.9. The molecular formula is C38H42F2N8O3. The van der Waals surface area contributed by atoms with Crippen LogP contribution in [-0.4, -0.2) is 73.4 Å². The van der Waals surface area contributed by atoms with Crippen LogP contribution in [0.5, 0.6) is 0 Å². The third-order valence-corrected chi connectivity index (χ3v) is 9.99. The number of nitrogens with zero attached hydrogens (tertiary/aromatic N) is 8. The molecule has 2 aromatic carbocycles. The monoisotopic (exact) mass is 696 g/mol. The van der Waals surface area contributed by atoms with Gasteiger partial charge >= 0.3 is 5.69 Å². The quantitative estimate of drug-likeness (QED) is 0.179. The summed E-state index contributed by atoms with van der Waals surface area (Å²) in [6.07, 6.45) is 14.5. The molecule has 0 radical (unpaired) electrons. The van der Waals surface area contributed by atoms with E-state index in [9.17, 15) is 9.18 Å². The maximum absolute atomic E-state index is 15.0. The van der Waals surface area contributed by atoms with E-state index in [1.807, 2.05) is 36.4 Å². The zero-order chi connectivity index (χ0) is 35.4. The van der Waals surface area contributed by atoms with E-state index >= 15 is 4.39 Å². The molecule has 11 nitrogen and oxygen atoms in total. The summed E-state index contributed by atoms with van der Waals surface area (Å²) < 4.78 is 46.0. The Balaban J connectivity index is 0.921. The van der Waals surface area contributed by atoms with Crippen LogP contribution < -0.4 is 10.6 Å². The van der Waals surface area contributed by atoms with Gasteiger partial charge in [0, 0.05) is 49.4 Å². The smallest absolute Gasteiger partial charge is 0.350 e. The van der Waals surface area contributed by atoms with Crippen LogP contribution in [0.2, 0.25) is 0 Å². The van der Waals surface area contributed by atoms with Gasteiger partial charge in [0.1, 0.15) is 42.0 Å². The second kappa shape index (κ2) is 14.9. The Morgan fingerprint density at radius 1 is 0.980 bits per heavy atom. The van der Waals surface area contributed by atoms with E-state index < -0.39 is 17.2 Å². The van der Waals surface area contributed by atoms with Crippen LogP contribution >= 0.6 is 0 Å². The summed E-state index contributed by atoms with van der Waals surface area (Å²) in [5.41, 5.74) is 5.44. The molecule has 4 aromatic rings. The van der Waals surface area contributed by atoms with E-state index in [2.05, 4.69) is 56.7 Å². The predicted molar refractivity (Wildman–Crippen MR) is 188 cm³/mol. The molecule has 2 aliphatic heterocycles. The van der Waals surface area contributed by atoms with Crippen molar-refractivity contribution in [2.75, 3.05) is 44.3 Å². The third-order valence-electron chi connectivity index (χ3n) is 9.99. The largest absolute Gasteiger partial charge is 0.493 e. The van der Waals surface area contributed by atoms with E-state index in [-0.39, 0.29) is 24.2 Å². The molecule has 7 rings (SSSR count). The van der Waals surface area contributed by atoms with Crippen LogP contribution in [0.1, 0.15) is 44.7 Å². The van der Waals surface area contributed by atoms with Crippen molar-refractivity contribution in [3.63, 3.8) is 0 Å². The highest BCUT2D eigenvalue weighted by Gasteiger charge is 2.44. The number of rotatable bonds is 12. The van der Waals surface area contributed by atoms with Crippen molar-refractivity contribution in [1.82, 2.24) is 34.0 Å². The maximum atomic E-state index is 15.0. The standard InChI is InChI=1S/C38H42F2N8O3/c1-3-30(4-2)48-37(49)47(27-43-48)33-11-9-32(10-12-33)45-18-16-44(17-19-45)31-6-5-7-34(14-13-31)50-22-28-21-38(51-23-28,24-46-26-41-25-42-46)35-15-8-29(39)20-36(35)40/h5,7-15,20,25-28,30H,3-4,16-19,21-24H2,1-2H3. The highest BCUT2D eigenvalue weighted by molar-refractivity contribution is 5.51. The zero-order valence-corrected chi connectivity index (χ0v) is 28.9. The van der Waals surface area contributed by atoms with Gasteiger partial charge in [0.25, 0.3) is 0 Å². The summed E-state index contributed by atoms with van der Waals surface area (Å²) in [5.74, 6) is -0.615. The maximum Gasteiger partial charge on any atom is 0.350 e. The van der Waals surface area contributed by atoms with Crippen molar-refractivity contribution in [2.45, 2.75) is 51.3 Å². The second-order valence-electron chi connectivity index (χ2n) is 13.2. The fraction of sp³-hybridized carbons (Fsp3) is 0.395. The van der Waals surface area contributed by atoms with Gasteiger partial charge in [0.15, 0.2) is 0 Å². The SMILES string of the molecule is CCC(CC)n1ncn(-c2ccc(N3CCN(C4=C=CC=C(OCC5COC(Cn6cncn6)(c6ccc(F)cc6F)C5)C=C4)CC3)cc2)c1=O. The molecule has 1 aliphatic carbocycles. The first-order valence-corrected chi connectivity index (χ1v) is 17.5. The lowest BCUT2D eigenvalue weighted by Gasteiger charge is -2.37. The van der Waals surface area contributed by atoms with Gasteiger partial charge in [-0.25, -0.2) is 32.5 Å². The number of hydrogen-bond donors (Lipinski definition) is 0. The summed E-state index contributed by atoms with van der Waals surface area (Å²) in [7, 11) is 0. The normalized spacial score (nSPS) is 20.5. The highest BCUT2D eigenvalue weighted by Crippen LogP contribution is 2.42. The van der Waals surface area contributed by atoms with Crippen molar-refractivity contribution in [3.05, 3.63) is 131 Å². The van der Waals surface area contributed by atoms with Crippen LogP contribution in [0.4, 0.5) is 14.5 Å². The van der Waals surface area contributed by atoms with Gasteiger partial charge in [-0.1, -0.05) is 25.6 Å². The minimum Gasteiger partial charge on any atom is -0.493 e. The van der Waals surface area contributed by atoms with E-state index in [0.29, 0.717) is 31.0 Å². The van der Waals surface area contributed by atoms with E-state index in [1.165, 1.54) is 18.5 Å². The second-order valence-corrected chi connectivity index (χ2v) is 13.2. The van der Waals surface area contributed by atoms with Gasteiger partial charge in [-0.15, -0.1) is 0 Å². The van der Waals surface area contributed by atoms with Crippen molar-refractivity contribution < 1.29 is 18.3 Å². The van der Waals surface area contributed by atoms with Crippen LogP contribution in [0, 0.1) is 17.6 Å². The van der Waals surface area contributed by atoms with E-state index in [4.69, 9.17) is 9.47 Å². The number of halogens is 2. The molecule has 2 atom stereocenters. The Hall–Kier alpha value is -5.26. The molecule has 4 heterocycles. The number of benzene rings is 2. The number of allylic oxidation sites excluding steroid dienone is 3. The third kappa shape index (κ3) is 7.31. The van der Waals surface area contributed by atoms with Gasteiger partial charge in [-0.2, -0.15) is 10.2 Å². The average Bonchev–Trinajstić information content (AvgIpc) is 3.86. The van der Waals surface area contributed by atoms with Crippen molar-refractivity contribution in [1.29, 1.82) is 0 Å². The van der Waals surface area contributed by atoms with E-state index in [0.717, 1.165) is 62.2 Å². The molecule has 0 N–H and O–H groups in total.